The lowest BCUT2D eigenvalue weighted by Gasteiger charge is -2.07. The van der Waals surface area contributed by atoms with E-state index < -0.39 is 11.2 Å². The molecule has 0 saturated heterocycles. The second-order valence-corrected chi connectivity index (χ2v) is 7.84. The first kappa shape index (κ1) is 16.1. The highest BCUT2D eigenvalue weighted by atomic mass is 32.2. The molecule has 0 fully saturated rings. The summed E-state index contributed by atoms with van der Waals surface area (Å²) in [6.45, 7) is 4.81. The lowest BCUT2D eigenvalue weighted by atomic mass is 10.0. The highest BCUT2D eigenvalue weighted by Crippen LogP contribution is 2.21. The van der Waals surface area contributed by atoms with Gasteiger partial charge in [0, 0.05) is 12.6 Å². The molecule has 1 N–H and O–H groups in total. The minimum Gasteiger partial charge on any atom is -0.611 e. The molecule has 1 atom stereocenters. The molecule has 21 heavy (non-hydrogen) atoms. The Balaban J connectivity index is 1.94. The summed E-state index contributed by atoms with van der Waals surface area (Å²) in [5, 5.41) is 2.89. The van der Waals surface area contributed by atoms with Gasteiger partial charge in [0.25, 0.3) is 5.91 Å². The van der Waals surface area contributed by atoms with E-state index in [0.29, 0.717) is 17.3 Å². The Kier molecular flexibility index (Phi) is 5.45. The molecule has 0 aliphatic heterocycles. The van der Waals surface area contributed by atoms with Crippen molar-refractivity contribution in [1.29, 1.82) is 0 Å². The average molecular weight is 321 g/mol. The molecule has 1 unspecified atom stereocenters. The summed E-state index contributed by atoms with van der Waals surface area (Å²) < 4.78 is 12.1. The van der Waals surface area contributed by atoms with Gasteiger partial charge in [-0.25, -0.2) is 0 Å². The topological polar surface area (TPSA) is 52.2 Å². The predicted octanol–water partition coefficient (Wildman–Crippen LogP) is 3.54. The van der Waals surface area contributed by atoms with E-state index >= 15 is 0 Å². The van der Waals surface area contributed by atoms with Crippen LogP contribution in [-0.4, -0.2) is 16.7 Å². The van der Waals surface area contributed by atoms with Crippen molar-refractivity contribution in [3.8, 4) is 0 Å². The van der Waals surface area contributed by atoms with E-state index in [4.69, 9.17) is 0 Å². The molecule has 112 valence electrons. The summed E-state index contributed by atoms with van der Waals surface area (Å²) in [6, 6.07) is 11.7. The van der Waals surface area contributed by atoms with Crippen LogP contribution in [0.15, 0.2) is 40.6 Å². The lowest BCUT2D eigenvalue weighted by Crippen LogP contribution is -2.21. The Labute approximate surface area is 132 Å². The van der Waals surface area contributed by atoms with Gasteiger partial charge in [-0.2, -0.15) is 0 Å². The number of rotatable bonds is 5. The predicted molar refractivity (Wildman–Crippen MR) is 88.4 cm³/mol. The fraction of sp³-hybridized carbons (Fsp3) is 0.312. The largest absolute Gasteiger partial charge is 0.611 e. The molecular formula is C16H19NO2S2. The van der Waals surface area contributed by atoms with E-state index in [2.05, 4.69) is 31.3 Å². The zero-order valence-corrected chi connectivity index (χ0v) is 14.0. The van der Waals surface area contributed by atoms with Gasteiger partial charge in [0.05, 0.1) is 4.88 Å². The zero-order valence-electron chi connectivity index (χ0n) is 12.4. The number of hydrogen-bond donors (Lipinski definition) is 1. The molecule has 0 aliphatic carbocycles. The molecule has 5 heteroatoms. The second kappa shape index (κ2) is 7.11. The van der Waals surface area contributed by atoms with Gasteiger partial charge in [-0.3, -0.25) is 4.79 Å². The van der Waals surface area contributed by atoms with Crippen molar-refractivity contribution in [3.63, 3.8) is 0 Å². The number of amides is 1. The third kappa shape index (κ3) is 4.33. The lowest BCUT2D eigenvalue weighted by molar-refractivity contribution is 0.0955. The molecule has 0 bridgehead atoms. The number of carbonyl (C=O) groups excluding carboxylic acids is 1. The molecule has 1 amide bonds. The molecule has 1 heterocycles. The highest BCUT2D eigenvalue weighted by molar-refractivity contribution is 7.92. The second-order valence-electron chi connectivity index (χ2n) is 5.15. The van der Waals surface area contributed by atoms with Crippen LogP contribution >= 0.6 is 11.3 Å². The number of benzene rings is 1. The van der Waals surface area contributed by atoms with E-state index in [1.807, 2.05) is 12.1 Å². The first-order valence-corrected chi connectivity index (χ1v) is 9.15. The Morgan fingerprint density at radius 1 is 1.24 bits per heavy atom. The normalized spacial score (nSPS) is 12.4. The summed E-state index contributed by atoms with van der Waals surface area (Å²) in [5.74, 6) is 0.387. The quantitative estimate of drug-likeness (QED) is 0.856. The Morgan fingerprint density at radius 3 is 2.43 bits per heavy atom. The minimum absolute atomic E-state index is 0.121. The molecule has 1 aromatic carbocycles. The van der Waals surface area contributed by atoms with Crippen LogP contribution in [0.3, 0.4) is 0 Å². The molecule has 2 aromatic rings. The Hall–Kier alpha value is -1.30. The summed E-state index contributed by atoms with van der Waals surface area (Å²) in [7, 11) is 0. The fourth-order valence-corrected chi connectivity index (χ4v) is 3.54. The van der Waals surface area contributed by atoms with E-state index in [1.165, 1.54) is 16.9 Å². The third-order valence-electron chi connectivity index (χ3n) is 3.19. The van der Waals surface area contributed by atoms with Crippen molar-refractivity contribution in [3.05, 3.63) is 52.4 Å². The van der Waals surface area contributed by atoms with Gasteiger partial charge in [0.15, 0.2) is 0 Å². The maximum Gasteiger partial charge on any atom is 0.261 e. The van der Waals surface area contributed by atoms with Crippen LogP contribution in [0.1, 0.15) is 40.6 Å². The summed E-state index contributed by atoms with van der Waals surface area (Å²) >= 11 is 0.245. The van der Waals surface area contributed by atoms with E-state index in [9.17, 15) is 9.35 Å². The molecule has 1 aromatic heterocycles. The number of nitrogens with one attached hydrogen (secondary N) is 1. The van der Waals surface area contributed by atoms with Crippen LogP contribution in [0.25, 0.3) is 0 Å². The smallest absolute Gasteiger partial charge is 0.261 e. The van der Waals surface area contributed by atoms with Crippen molar-refractivity contribution >= 4 is 28.4 Å². The summed E-state index contributed by atoms with van der Waals surface area (Å²) in [4.78, 5) is 12.6. The van der Waals surface area contributed by atoms with Gasteiger partial charge < -0.3 is 9.87 Å². The van der Waals surface area contributed by atoms with Crippen molar-refractivity contribution in [1.82, 2.24) is 5.32 Å². The first-order chi connectivity index (χ1) is 9.97. The Bertz CT molecular complexity index is 603. The van der Waals surface area contributed by atoms with Gasteiger partial charge in [0.1, 0.15) is 6.26 Å². The van der Waals surface area contributed by atoms with Crippen LogP contribution < -0.4 is 5.32 Å². The minimum atomic E-state index is -1.03. The summed E-state index contributed by atoms with van der Waals surface area (Å²) in [5.41, 5.74) is 2.36. The van der Waals surface area contributed by atoms with E-state index in [0.717, 1.165) is 9.77 Å². The van der Waals surface area contributed by atoms with Crippen LogP contribution in [0.4, 0.5) is 0 Å². The summed E-state index contributed by atoms with van der Waals surface area (Å²) in [6.07, 6.45) is 1.61. The first-order valence-electron chi connectivity index (χ1n) is 6.77. The molecule has 0 saturated carbocycles. The average Bonchev–Trinajstić information content (AvgIpc) is 2.95. The standard InChI is InChI=1S/C16H19NO2S2/c1-11(2)13-6-4-12(5-7-13)10-17-16(18)14-8-9-15(20-14)21(3)19/h4-9,11H,10H2,1-3H3,(H,17,18). The monoisotopic (exact) mass is 321 g/mol. The van der Waals surface area contributed by atoms with Crippen LogP contribution in [0.5, 0.6) is 0 Å². The zero-order chi connectivity index (χ0) is 15.4. The number of carbonyl (C=O) groups is 1. The fourth-order valence-electron chi connectivity index (χ4n) is 1.89. The Morgan fingerprint density at radius 2 is 1.90 bits per heavy atom. The molecule has 0 radical (unpaired) electrons. The molecule has 3 nitrogen and oxygen atoms in total. The maximum absolute atomic E-state index is 12.0. The SMILES string of the molecule is CC(C)c1ccc(CNC(=O)c2ccc([S+](C)[O-])s2)cc1. The van der Waals surface area contributed by atoms with Crippen LogP contribution in [-0.2, 0) is 17.7 Å². The number of thiophene rings is 1. The molecule has 2 rings (SSSR count). The third-order valence-corrected chi connectivity index (χ3v) is 5.72. The van der Waals surface area contributed by atoms with E-state index in [1.54, 1.807) is 18.4 Å². The van der Waals surface area contributed by atoms with Crippen molar-refractivity contribution < 1.29 is 9.35 Å². The van der Waals surface area contributed by atoms with Crippen molar-refractivity contribution in [2.24, 2.45) is 0 Å². The molecule has 0 spiro atoms. The van der Waals surface area contributed by atoms with Crippen LogP contribution in [0.2, 0.25) is 0 Å². The van der Waals surface area contributed by atoms with Gasteiger partial charge in [-0.05, 0) is 34.3 Å². The van der Waals surface area contributed by atoms with Crippen molar-refractivity contribution in [2.45, 2.75) is 30.5 Å². The molecule has 0 aliphatic rings. The highest BCUT2D eigenvalue weighted by Gasteiger charge is 2.13. The van der Waals surface area contributed by atoms with Gasteiger partial charge in [-0.1, -0.05) is 49.4 Å². The number of hydrogen-bond acceptors (Lipinski definition) is 3. The maximum atomic E-state index is 12.0. The van der Waals surface area contributed by atoms with Crippen LogP contribution in [0, 0.1) is 0 Å². The van der Waals surface area contributed by atoms with Gasteiger partial charge >= 0.3 is 0 Å². The van der Waals surface area contributed by atoms with E-state index in [-0.39, 0.29) is 5.91 Å². The molecular weight excluding hydrogens is 302 g/mol. The van der Waals surface area contributed by atoms with Gasteiger partial charge in [-0.15, -0.1) is 0 Å². The van der Waals surface area contributed by atoms with Gasteiger partial charge in [0.2, 0.25) is 4.21 Å². The van der Waals surface area contributed by atoms with Crippen molar-refractivity contribution in [2.75, 3.05) is 6.26 Å².